The molecule has 1 fully saturated rings. The van der Waals surface area contributed by atoms with Crippen LogP contribution in [-0.4, -0.2) is 28.1 Å². The van der Waals surface area contributed by atoms with Crippen molar-refractivity contribution >= 4 is 17.5 Å². The topological polar surface area (TPSA) is 76.0 Å². The minimum absolute atomic E-state index is 0.0684. The number of aromatic nitrogens is 2. The lowest BCUT2D eigenvalue weighted by molar-refractivity contribution is -0.119. The molecule has 0 saturated carbocycles. The molecule has 148 valence electrons. The summed E-state index contributed by atoms with van der Waals surface area (Å²) in [4.78, 5) is 24.4. The van der Waals surface area contributed by atoms with Crippen LogP contribution in [0.4, 0.5) is 5.69 Å². The van der Waals surface area contributed by atoms with E-state index in [1.54, 1.807) is 6.20 Å². The van der Waals surface area contributed by atoms with Crippen molar-refractivity contribution in [1.82, 2.24) is 15.1 Å². The van der Waals surface area contributed by atoms with Crippen LogP contribution in [0.1, 0.15) is 45.1 Å². The molecule has 29 heavy (non-hydrogen) atoms. The van der Waals surface area contributed by atoms with Gasteiger partial charge in [0.25, 0.3) is 5.91 Å². The summed E-state index contributed by atoms with van der Waals surface area (Å²) in [6.45, 7) is 6.60. The van der Waals surface area contributed by atoms with Crippen molar-refractivity contribution in [2.75, 3.05) is 11.9 Å². The first kappa shape index (κ1) is 18.9. The van der Waals surface area contributed by atoms with Crippen LogP contribution in [0.25, 0.3) is 5.69 Å². The molecule has 4 rings (SSSR count). The van der Waals surface area contributed by atoms with Gasteiger partial charge in [-0.15, -0.1) is 0 Å². The zero-order valence-electron chi connectivity index (χ0n) is 16.8. The predicted octanol–water partition coefficient (Wildman–Crippen LogP) is 3.65. The summed E-state index contributed by atoms with van der Waals surface area (Å²) < 4.78 is 1.81. The van der Waals surface area contributed by atoms with E-state index in [1.807, 2.05) is 49.7 Å². The molecule has 0 radical (unpaired) electrons. The fraction of sp³-hybridized carbons (Fsp3) is 0.261. The van der Waals surface area contributed by atoms with Gasteiger partial charge in [-0.05, 0) is 55.7 Å². The van der Waals surface area contributed by atoms with Crippen molar-refractivity contribution in [3.63, 3.8) is 0 Å². The monoisotopic (exact) mass is 388 g/mol. The molecular formula is C23H24N4O2. The van der Waals surface area contributed by atoms with Gasteiger partial charge in [0, 0.05) is 24.6 Å². The van der Waals surface area contributed by atoms with Gasteiger partial charge in [0.1, 0.15) is 0 Å². The Bertz CT molecular complexity index is 1100. The van der Waals surface area contributed by atoms with Crippen molar-refractivity contribution in [3.8, 4) is 5.69 Å². The van der Waals surface area contributed by atoms with Gasteiger partial charge in [-0.1, -0.05) is 24.3 Å². The number of carbonyl (C=O) groups is 2. The van der Waals surface area contributed by atoms with Crippen molar-refractivity contribution in [3.05, 3.63) is 76.6 Å². The van der Waals surface area contributed by atoms with E-state index >= 15 is 0 Å². The number of carbonyl (C=O) groups excluding carboxylic acids is 2. The van der Waals surface area contributed by atoms with Crippen LogP contribution in [-0.2, 0) is 4.79 Å². The first-order valence-corrected chi connectivity index (χ1v) is 9.72. The molecule has 0 unspecified atom stereocenters. The van der Waals surface area contributed by atoms with Gasteiger partial charge in [-0.25, -0.2) is 4.68 Å². The molecule has 1 atom stereocenters. The molecule has 0 bridgehead atoms. The summed E-state index contributed by atoms with van der Waals surface area (Å²) in [7, 11) is 0. The number of hydrogen-bond donors (Lipinski definition) is 2. The maximum Gasteiger partial charge on any atom is 0.259 e. The normalized spacial score (nSPS) is 16.0. The molecule has 2 heterocycles. The van der Waals surface area contributed by atoms with Gasteiger partial charge in [-0.3, -0.25) is 9.59 Å². The Morgan fingerprint density at radius 2 is 2.00 bits per heavy atom. The van der Waals surface area contributed by atoms with Gasteiger partial charge in [-0.2, -0.15) is 5.10 Å². The second kappa shape index (κ2) is 7.54. The van der Waals surface area contributed by atoms with Crippen molar-refractivity contribution < 1.29 is 9.59 Å². The molecule has 6 nitrogen and oxygen atoms in total. The van der Waals surface area contributed by atoms with E-state index in [1.165, 1.54) is 0 Å². The number of hydrogen-bond acceptors (Lipinski definition) is 3. The van der Waals surface area contributed by atoms with Crippen LogP contribution in [0, 0.1) is 20.8 Å². The average Bonchev–Trinajstić information content (AvgIpc) is 3.30. The summed E-state index contributed by atoms with van der Waals surface area (Å²) in [6.07, 6.45) is 2.09. The summed E-state index contributed by atoms with van der Waals surface area (Å²) >= 11 is 0. The van der Waals surface area contributed by atoms with E-state index < -0.39 is 0 Å². The zero-order chi connectivity index (χ0) is 20.5. The Balaban J connectivity index is 1.56. The quantitative estimate of drug-likeness (QED) is 0.716. The Labute approximate surface area is 169 Å². The highest BCUT2D eigenvalue weighted by Crippen LogP contribution is 2.26. The number of nitrogens with one attached hydrogen (secondary N) is 2. The van der Waals surface area contributed by atoms with Gasteiger partial charge in [0.2, 0.25) is 5.91 Å². The summed E-state index contributed by atoms with van der Waals surface area (Å²) in [5, 5.41) is 10.3. The van der Waals surface area contributed by atoms with Gasteiger partial charge < -0.3 is 10.6 Å². The number of aryl methyl sites for hydroxylation is 2. The first-order chi connectivity index (χ1) is 13.9. The fourth-order valence-electron chi connectivity index (χ4n) is 3.73. The Morgan fingerprint density at radius 1 is 1.17 bits per heavy atom. The lowest BCUT2D eigenvalue weighted by Gasteiger charge is -2.12. The number of anilines is 1. The third-order valence-electron chi connectivity index (χ3n) is 5.44. The first-order valence-electron chi connectivity index (χ1n) is 9.72. The summed E-state index contributed by atoms with van der Waals surface area (Å²) in [5.41, 5.74) is 6.30. The minimum atomic E-state index is -0.197. The maximum absolute atomic E-state index is 12.9. The molecule has 1 aliphatic heterocycles. The fourth-order valence-corrected chi connectivity index (χ4v) is 3.73. The van der Waals surface area contributed by atoms with Crippen molar-refractivity contribution in [1.29, 1.82) is 0 Å². The Hall–Kier alpha value is -3.41. The van der Waals surface area contributed by atoms with E-state index in [0.717, 1.165) is 28.1 Å². The Kier molecular flexibility index (Phi) is 4.92. The molecule has 1 aliphatic rings. The van der Waals surface area contributed by atoms with Crippen LogP contribution >= 0.6 is 0 Å². The molecule has 2 N–H and O–H groups in total. The van der Waals surface area contributed by atoms with Gasteiger partial charge in [0.05, 0.1) is 23.1 Å². The molecule has 1 aromatic heterocycles. The number of rotatable bonds is 4. The summed E-state index contributed by atoms with van der Waals surface area (Å²) in [5.74, 6) is 0.0175. The van der Waals surface area contributed by atoms with Crippen LogP contribution < -0.4 is 10.6 Å². The van der Waals surface area contributed by atoms with Gasteiger partial charge in [0.15, 0.2) is 0 Å². The zero-order valence-corrected chi connectivity index (χ0v) is 16.8. The Morgan fingerprint density at radius 3 is 2.76 bits per heavy atom. The van der Waals surface area contributed by atoms with E-state index in [2.05, 4.69) is 33.9 Å². The average molecular weight is 388 g/mol. The van der Waals surface area contributed by atoms with Crippen LogP contribution in [0.2, 0.25) is 0 Å². The third kappa shape index (κ3) is 3.78. The third-order valence-corrected chi connectivity index (χ3v) is 5.44. The second-order valence-corrected chi connectivity index (χ2v) is 7.63. The van der Waals surface area contributed by atoms with E-state index in [4.69, 9.17) is 0 Å². The largest absolute Gasteiger partial charge is 0.355 e. The number of amides is 2. The second-order valence-electron chi connectivity index (χ2n) is 7.63. The predicted molar refractivity (Wildman–Crippen MR) is 113 cm³/mol. The van der Waals surface area contributed by atoms with Crippen LogP contribution in [0.3, 0.4) is 0 Å². The standard InChI is InChI=1S/C23H24N4O2/c1-14-7-8-15(2)21(9-14)27-16(3)20(13-25-27)23(29)26-19-6-4-5-17(10-19)18-11-22(28)24-12-18/h4-10,13,18H,11-12H2,1-3H3,(H,24,28)(H,26,29)/t18-/m1/s1. The molecular weight excluding hydrogens is 364 g/mol. The molecule has 3 aromatic rings. The molecule has 0 spiro atoms. The highest BCUT2D eigenvalue weighted by atomic mass is 16.2. The summed E-state index contributed by atoms with van der Waals surface area (Å²) in [6, 6.07) is 13.9. The molecule has 6 heteroatoms. The van der Waals surface area contributed by atoms with Crippen LogP contribution in [0.5, 0.6) is 0 Å². The van der Waals surface area contributed by atoms with E-state index in [9.17, 15) is 9.59 Å². The molecule has 1 saturated heterocycles. The van der Waals surface area contributed by atoms with E-state index in [-0.39, 0.29) is 17.7 Å². The number of benzene rings is 2. The van der Waals surface area contributed by atoms with Crippen LogP contribution in [0.15, 0.2) is 48.7 Å². The minimum Gasteiger partial charge on any atom is -0.355 e. The SMILES string of the molecule is Cc1ccc(C)c(-n2ncc(C(=O)Nc3cccc([C@H]4CNC(=O)C4)c3)c2C)c1. The van der Waals surface area contributed by atoms with E-state index in [0.29, 0.717) is 24.2 Å². The van der Waals surface area contributed by atoms with Crippen molar-refractivity contribution in [2.24, 2.45) is 0 Å². The highest BCUT2D eigenvalue weighted by Gasteiger charge is 2.23. The lowest BCUT2D eigenvalue weighted by Crippen LogP contribution is -2.14. The number of nitrogens with zero attached hydrogens (tertiary/aromatic N) is 2. The van der Waals surface area contributed by atoms with Gasteiger partial charge >= 0.3 is 0 Å². The van der Waals surface area contributed by atoms with Crippen molar-refractivity contribution in [2.45, 2.75) is 33.1 Å². The highest BCUT2D eigenvalue weighted by molar-refractivity contribution is 6.05. The smallest absolute Gasteiger partial charge is 0.259 e. The molecule has 2 amide bonds. The molecule has 0 aliphatic carbocycles. The molecule has 2 aromatic carbocycles. The lowest BCUT2D eigenvalue weighted by atomic mass is 9.98. The maximum atomic E-state index is 12.9.